The maximum atomic E-state index is 8.73. The van der Waals surface area contributed by atoms with Crippen molar-refractivity contribution in [2.24, 2.45) is 11.8 Å². The Morgan fingerprint density at radius 1 is 0.778 bits per heavy atom. The Kier molecular flexibility index (Phi) is 9.65. The van der Waals surface area contributed by atoms with Gasteiger partial charge in [-0.3, -0.25) is 0 Å². The molecule has 2 unspecified atom stereocenters. The fourth-order valence-electron chi connectivity index (χ4n) is 3.58. The van der Waals surface area contributed by atoms with Gasteiger partial charge in [0.2, 0.25) is 0 Å². The van der Waals surface area contributed by atoms with E-state index < -0.39 is 0 Å². The van der Waals surface area contributed by atoms with Crippen molar-refractivity contribution < 1.29 is 5.11 Å². The Morgan fingerprint density at radius 3 is 1.94 bits per heavy atom. The van der Waals surface area contributed by atoms with Crippen LogP contribution in [0.2, 0.25) is 0 Å². The summed E-state index contributed by atoms with van der Waals surface area (Å²) in [4.78, 5) is 0. The molecule has 1 N–H and O–H groups in total. The van der Waals surface area contributed by atoms with Crippen LogP contribution in [0.4, 0.5) is 0 Å². The number of aliphatic hydroxyl groups excluding tert-OH is 1. The van der Waals surface area contributed by atoms with Gasteiger partial charge >= 0.3 is 0 Å². The Bertz CT molecular complexity index is 178. The number of unbranched alkanes of at least 4 members (excludes halogenated alkanes) is 6. The molecule has 0 aromatic carbocycles. The highest BCUT2D eigenvalue weighted by Gasteiger charge is 2.25. The van der Waals surface area contributed by atoms with Gasteiger partial charge in [-0.2, -0.15) is 0 Å². The summed E-state index contributed by atoms with van der Waals surface area (Å²) in [6.07, 6.45) is 18.1. The van der Waals surface area contributed by atoms with Crippen molar-refractivity contribution in [2.75, 3.05) is 6.61 Å². The van der Waals surface area contributed by atoms with Gasteiger partial charge in [0.1, 0.15) is 0 Å². The summed E-state index contributed by atoms with van der Waals surface area (Å²) in [6, 6.07) is 0. The van der Waals surface area contributed by atoms with Gasteiger partial charge < -0.3 is 5.11 Å². The van der Waals surface area contributed by atoms with Crippen molar-refractivity contribution in [1.82, 2.24) is 0 Å². The standard InChI is InChI=1S/C17H34O/c1-2-3-7-11-16-13-10-14-17(16)12-8-5-4-6-9-15-18/h16-18H,2-15H2,1H3. The lowest BCUT2D eigenvalue weighted by Gasteiger charge is -2.19. The summed E-state index contributed by atoms with van der Waals surface area (Å²) in [7, 11) is 0. The molecule has 0 bridgehead atoms. The fourth-order valence-corrected chi connectivity index (χ4v) is 3.58. The second kappa shape index (κ2) is 10.8. The maximum Gasteiger partial charge on any atom is 0.0431 e. The highest BCUT2D eigenvalue weighted by Crippen LogP contribution is 2.38. The van der Waals surface area contributed by atoms with Crippen LogP contribution in [-0.4, -0.2) is 11.7 Å². The topological polar surface area (TPSA) is 20.2 Å². The van der Waals surface area contributed by atoms with Gasteiger partial charge in [-0.05, 0) is 18.3 Å². The molecule has 0 amide bonds. The van der Waals surface area contributed by atoms with Crippen molar-refractivity contribution >= 4 is 0 Å². The molecule has 0 radical (unpaired) electrons. The second-order valence-corrected chi connectivity index (χ2v) is 6.23. The molecule has 1 fully saturated rings. The third-order valence-electron chi connectivity index (χ3n) is 4.73. The van der Waals surface area contributed by atoms with Gasteiger partial charge in [0, 0.05) is 6.61 Å². The van der Waals surface area contributed by atoms with Crippen molar-refractivity contribution in [3.63, 3.8) is 0 Å². The molecule has 0 spiro atoms. The second-order valence-electron chi connectivity index (χ2n) is 6.23. The summed E-state index contributed by atoms with van der Waals surface area (Å²) in [6.45, 7) is 2.68. The highest BCUT2D eigenvalue weighted by atomic mass is 16.2. The highest BCUT2D eigenvalue weighted by molar-refractivity contribution is 4.77. The first-order chi connectivity index (χ1) is 8.88. The minimum Gasteiger partial charge on any atom is -0.396 e. The van der Waals surface area contributed by atoms with E-state index in [2.05, 4.69) is 6.92 Å². The number of hydrogen-bond donors (Lipinski definition) is 1. The Labute approximate surface area is 114 Å². The first-order valence-electron chi connectivity index (χ1n) is 8.49. The number of aliphatic hydroxyl groups is 1. The molecule has 1 saturated carbocycles. The van der Waals surface area contributed by atoms with E-state index in [9.17, 15) is 0 Å². The molecule has 0 heterocycles. The predicted molar refractivity (Wildman–Crippen MR) is 79.8 cm³/mol. The van der Waals surface area contributed by atoms with E-state index in [0.29, 0.717) is 6.61 Å². The minimum atomic E-state index is 0.377. The fraction of sp³-hybridized carbons (Fsp3) is 1.00. The molecule has 1 aliphatic rings. The van der Waals surface area contributed by atoms with Crippen LogP contribution in [0.3, 0.4) is 0 Å². The molecule has 0 saturated heterocycles. The van der Waals surface area contributed by atoms with E-state index >= 15 is 0 Å². The molecule has 1 heteroatoms. The zero-order chi connectivity index (χ0) is 13.1. The average molecular weight is 254 g/mol. The molecular weight excluding hydrogens is 220 g/mol. The lowest BCUT2D eigenvalue weighted by molar-refractivity contribution is 0.281. The van der Waals surface area contributed by atoms with Crippen LogP contribution < -0.4 is 0 Å². The average Bonchev–Trinajstić information content (AvgIpc) is 2.82. The lowest BCUT2D eigenvalue weighted by Crippen LogP contribution is -2.08. The maximum absolute atomic E-state index is 8.73. The van der Waals surface area contributed by atoms with Crippen molar-refractivity contribution in [3.05, 3.63) is 0 Å². The Hall–Kier alpha value is -0.0400. The van der Waals surface area contributed by atoms with Crippen LogP contribution in [0.1, 0.15) is 90.4 Å². The minimum absolute atomic E-state index is 0.377. The molecular formula is C17H34O. The molecule has 1 rings (SSSR count). The van der Waals surface area contributed by atoms with Gasteiger partial charge in [-0.25, -0.2) is 0 Å². The van der Waals surface area contributed by atoms with Gasteiger partial charge in [-0.1, -0.05) is 84.0 Å². The van der Waals surface area contributed by atoms with Crippen molar-refractivity contribution in [3.8, 4) is 0 Å². The predicted octanol–water partition coefficient (Wildman–Crippen LogP) is 5.32. The van der Waals surface area contributed by atoms with Gasteiger partial charge in [-0.15, -0.1) is 0 Å². The normalized spacial score (nSPS) is 23.7. The summed E-state index contributed by atoms with van der Waals surface area (Å²) in [5.74, 6) is 2.12. The van der Waals surface area contributed by atoms with E-state index in [-0.39, 0.29) is 0 Å². The lowest BCUT2D eigenvalue weighted by atomic mass is 9.87. The summed E-state index contributed by atoms with van der Waals surface area (Å²) in [5, 5.41) is 8.73. The SMILES string of the molecule is CCCCCC1CCCC1CCCCCCCO. The van der Waals surface area contributed by atoms with E-state index in [1.165, 1.54) is 77.0 Å². The molecule has 2 atom stereocenters. The van der Waals surface area contributed by atoms with Gasteiger partial charge in [0.05, 0.1) is 0 Å². The van der Waals surface area contributed by atoms with Crippen LogP contribution in [0.15, 0.2) is 0 Å². The van der Waals surface area contributed by atoms with E-state index in [4.69, 9.17) is 5.11 Å². The number of rotatable bonds is 11. The van der Waals surface area contributed by atoms with Crippen LogP contribution in [-0.2, 0) is 0 Å². The van der Waals surface area contributed by atoms with Crippen LogP contribution in [0.5, 0.6) is 0 Å². The van der Waals surface area contributed by atoms with E-state index in [0.717, 1.165) is 18.3 Å². The summed E-state index contributed by atoms with van der Waals surface area (Å²) in [5.41, 5.74) is 0. The molecule has 0 aromatic rings. The number of hydrogen-bond acceptors (Lipinski definition) is 1. The van der Waals surface area contributed by atoms with Crippen LogP contribution in [0.25, 0.3) is 0 Å². The van der Waals surface area contributed by atoms with E-state index in [1.807, 2.05) is 0 Å². The molecule has 108 valence electrons. The zero-order valence-corrected chi connectivity index (χ0v) is 12.5. The largest absolute Gasteiger partial charge is 0.396 e. The molecule has 1 nitrogen and oxygen atoms in total. The third-order valence-corrected chi connectivity index (χ3v) is 4.73. The first-order valence-corrected chi connectivity index (χ1v) is 8.49. The van der Waals surface area contributed by atoms with Gasteiger partial charge in [0.15, 0.2) is 0 Å². The van der Waals surface area contributed by atoms with Crippen LogP contribution in [0, 0.1) is 11.8 Å². The third kappa shape index (κ3) is 6.78. The quantitative estimate of drug-likeness (QED) is 0.495. The monoisotopic (exact) mass is 254 g/mol. The first kappa shape index (κ1) is 16.0. The Balaban J connectivity index is 2.01. The van der Waals surface area contributed by atoms with Crippen molar-refractivity contribution in [2.45, 2.75) is 90.4 Å². The smallest absolute Gasteiger partial charge is 0.0431 e. The van der Waals surface area contributed by atoms with E-state index in [1.54, 1.807) is 0 Å². The van der Waals surface area contributed by atoms with Crippen LogP contribution >= 0.6 is 0 Å². The zero-order valence-electron chi connectivity index (χ0n) is 12.5. The molecule has 18 heavy (non-hydrogen) atoms. The Morgan fingerprint density at radius 2 is 1.33 bits per heavy atom. The molecule has 1 aliphatic carbocycles. The van der Waals surface area contributed by atoms with Gasteiger partial charge in [0.25, 0.3) is 0 Å². The molecule has 0 aliphatic heterocycles. The summed E-state index contributed by atoms with van der Waals surface area (Å²) >= 11 is 0. The van der Waals surface area contributed by atoms with Crippen molar-refractivity contribution in [1.29, 1.82) is 0 Å². The molecule has 0 aromatic heterocycles. The summed E-state index contributed by atoms with van der Waals surface area (Å²) < 4.78 is 0.